The van der Waals surface area contributed by atoms with Crippen molar-refractivity contribution in [3.05, 3.63) is 64.7 Å². The number of halogens is 3. The summed E-state index contributed by atoms with van der Waals surface area (Å²) in [6, 6.07) is 10.6. The molecule has 19 heavy (non-hydrogen) atoms. The Labute approximate surface area is 114 Å². The quantitative estimate of drug-likeness (QED) is 0.929. The first-order valence-electron chi connectivity index (χ1n) is 5.68. The van der Waals surface area contributed by atoms with E-state index in [4.69, 9.17) is 22.1 Å². The molecule has 0 aliphatic heterocycles. The Morgan fingerprint density at radius 2 is 1.89 bits per heavy atom. The van der Waals surface area contributed by atoms with Crippen LogP contribution in [0.2, 0.25) is 5.02 Å². The largest absolute Gasteiger partial charge is 0.481 e. The summed E-state index contributed by atoms with van der Waals surface area (Å²) in [5.41, 5.74) is 6.31. The Morgan fingerprint density at radius 3 is 2.58 bits per heavy atom. The van der Waals surface area contributed by atoms with Crippen LogP contribution >= 0.6 is 11.6 Å². The summed E-state index contributed by atoms with van der Waals surface area (Å²) in [6.07, 6.45) is -0.588. The highest BCUT2D eigenvalue weighted by Gasteiger charge is 2.16. The molecule has 2 N–H and O–H groups in total. The summed E-state index contributed by atoms with van der Waals surface area (Å²) < 4.78 is 32.0. The number of ether oxygens (including phenoxy) is 1. The molecule has 5 heteroatoms. The first kappa shape index (κ1) is 13.8. The van der Waals surface area contributed by atoms with E-state index in [0.29, 0.717) is 10.6 Å². The second-order valence-electron chi connectivity index (χ2n) is 3.95. The van der Waals surface area contributed by atoms with E-state index in [0.717, 1.165) is 6.07 Å². The lowest BCUT2D eigenvalue weighted by Gasteiger charge is -2.18. The first-order chi connectivity index (χ1) is 9.11. The normalized spacial score (nSPS) is 12.2. The highest BCUT2D eigenvalue weighted by Crippen LogP contribution is 2.26. The number of nitrogens with two attached hydrogens (primary N) is 1. The van der Waals surface area contributed by atoms with E-state index in [-0.39, 0.29) is 12.3 Å². The predicted octanol–water partition coefficient (Wildman–Crippen LogP) is 3.70. The summed E-state index contributed by atoms with van der Waals surface area (Å²) >= 11 is 5.87. The fourth-order valence-corrected chi connectivity index (χ4v) is 1.89. The SMILES string of the molecule is NCC(Oc1cccc(F)c1F)c1cccc(Cl)c1. The Hall–Kier alpha value is -1.65. The van der Waals surface area contributed by atoms with Gasteiger partial charge < -0.3 is 10.5 Å². The number of hydrogen-bond donors (Lipinski definition) is 1. The van der Waals surface area contributed by atoms with E-state index >= 15 is 0 Å². The van der Waals surface area contributed by atoms with Gasteiger partial charge in [-0.25, -0.2) is 4.39 Å². The zero-order chi connectivity index (χ0) is 13.8. The van der Waals surface area contributed by atoms with Gasteiger partial charge >= 0.3 is 0 Å². The molecule has 1 atom stereocenters. The molecule has 2 aromatic carbocycles. The molecule has 0 aliphatic carbocycles. The van der Waals surface area contributed by atoms with E-state index in [1.807, 2.05) is 0 Å². The minimum absolute atomic E-state index is 0.121. The van der Waals surface area contributed by atoms with Crippen LogP contribution in [0.25, 0.3) is 0 Å². The number of hydrogen-bond acceptors (Lipinski definition) is 2. The lowest BCUT2D eigenvalue weighted by atomic mass is 10.1. The van der Waals surface area contributed by atoms with Crippen LogP contribution < -0.4 is 10.5 Å². The van der Waals surface area contributed by atoms with Crippen molar-refractivity contribution in [3.63, 3.8) is 0 Å². The maximum Gasteiger partial charge on any atom is 0.200 e. The van der Waals surface area contributed by atoms with Gasteiger partial charge in [-0.2, -0.15) is 4.39 Å². The minimum Gasteiger partial charge on any atom is -0.481 e. The number of rotatable bonds is 4. The van der Waals surface area contributed by atoms with E-state index in [1.54, 1.807) is 24.3 Å². The maximum absolute atomic E-state index is 13.5. The molecular formula is C14H12ClF2NO. The van der Waals surface area contributed by atoms with Gasteiger partial charge in [0, 0.05) is 11.6 Å². The van der Waals surface area contributed by atoms with Crippen molar-refractivity contribution >= 4 is 11.6 Å². The molecule has 0 fully saturated rings. The topological polar surface area (TPSA) is 35.2 Å². The van der Waals surface area contributed by atoms with Crippen molar-refractivity contribution in [1.82, 2.24) is 0 Å². The lowest BCUT2D eigenvalue weighted by molar-refractivity contribution is 0.202. The second-order valence-corrected chi connectivity index (χ2v) is 4.39. The third-order valence-electron chi connectivity index (χ3n) is 2.62. The Balaban J connectivity index is 2.26. The molecule has 0 heterocycles. The predicted molar refractivity (Wildman–Crippen MR) is 70.2 cm³/mol. The molecule has 1 unspecified atom stereocenters. The van der Waals surface area contributed by atoms with Crippen LogP contribution in [-0.2, 0) is 0 Å². The van der Waals surface area contributed by atoms with Crippen LogP contribution in [0.3, 0.4) is 0 Å². The lowest BCUT2D eigenvalue weighted by Crippen LogP contribution is -2.19. The van der Waals surface area contributed by atoms with Gasteiger partial charge in [-0.15, -0.1) is 0 Å². The monoisotopic (exact) mass is 283 g/mol. The van der Waals surface area contributed by atoms with Gasteiger partial charge in [-0.3, -0.25) is 0 Å². The van der Waals surface area contributed by atoms with Crippen LogP contribution in [0.1, 0.15) is 11.7 Å². The first-order valence-corrected chi connectivity index (χ1v) is 6.06. The summed E-state index contributed by atoms with van der Waals surface area (Å²) in [5, 5.41) is 0.527. The van der Waals surface area contributed by atoms with Crippen molar-refractivity contribution in [2.45, 2.75) is 6.10 Å². The van der Waals surface area contributed by atoms with Gasteiger partial charge in [0.15, 0.2) is 11.6 Å². The molecule has 0 amide bonds. The van der Waals surface area contributed by atoms with Crippen LogP contribution in [0, 0.1) is 11.6 Å². The highest BCUT2D eigenvalue weighted by atomic mass is 35.5. The van der Waals surface area contributed by atoms with Crippen LogP contribution in [-0.4, -0.2) is 6.54 Å². The molecule has 2 aromatic rings. The maximum atomic E-state index is 13.5. The molecule has 0 saturated carbocycles. The molecule has 0 spiro atoms. The van der Waals surface area contributed by atoms with Gasteiger partial charge in [0.1, 0.15) is 6.10 Å². The van der Waals surface area contributed by atoms with Crippen molar-refractivity contribution in [1.29, 1.82) is 0 Å². The molecule has 2 rings (SSSR count). The van der Waals surface area contributed by atoms with Crippen LogP contribution in [0.15, 0.2) is 42.5 Å². The van der Waals surface area contributed by atoms with Gasteiger partial charge in [0.2, 0.25) is 5.82 Å². The minimum atomic E-state index is -1.03. The Morgan fingerprint density at radius 1 is 1.16 bits per heavy atom. The third-order valence-corrected chi connectivity index (χ3v) is 2.86. The molecule has 100 valence electrons. The van der Waals surface area contributed by atoms with Gasteiger partial charge in [0.05, 0.1) is 0 Å². The molecule has 2 nitrogen and oxygen atoms in total. The van der Waals surface area contributed by atoms with E-state index in [2.05, 4.69) is 0 Å². The molecule has 0 aliphatic rings. The Kier molecular flexibility index (Phi) is 4.35. The fraction of sp³-hybridized carbons (Fsp3) is 0.143. The zero-order valence-corrected chi connectivity index (χ0v) is 10.7. The fourth-order valence-electron chi connectivity index (χ4n) is 1.69. The van der Waals surface area contributed by atoms with Crippen LogP contribution in [0.4, 0.5) is 8.78 Å². The smallest absolute Gasteiger partial charge is 0.200 e. The molecule has 0 aromatic heterocycles. The number of benzene rings is 2. The van der Waals surface area contributed by atoms with E-state index < -0.39 is 17.7 Å². The van der Waals surface area contributed by atoms with Gasteiger partial charge in [0.25, 0.3) is 0 Å². The summed E-state index contributed by atoms with van der Waals surface area (Å²) in [6.45, 7) is 0.121. The van der Waals surface area contributed by atoms with Crippen molar-refractivity contribution in [2.24, 2.45) is 5.73 Å². The molecule has 0 radical (unpaired) electrons. The third kappa shape index (κ3) is 3.22. The highest BCUT2D eigenvalue weighted by molar-refractivity contribution is 6.30. The molecular weight excluding hydrogens is 272 g/mol. The standard InChI is InChI=1S/C14H12ClF2NO/c15-10-4-1-3-9(7-10)13(8-18)19-12-6-2-5-11(16)14(12)17/h1-7,13H,8,18H2. The van der Waals surface area contributed by atoms with Crippen molar-refractivity contribution in [2.75, 3.05) is 6.54 Å². The molecule has 0 saturated heterocycles. The summed E-state index contributed by atoms with van der Waals surface area (Å²) in [4.78, 5) is 0. The van der Waals surface area contributed by atoms with Gasteiger partial charge in [-0.05, 0) is 29.8 Å². The van der Waals surface area contributed by atoms with Crippen LogP contribution in [0.5, 0.6) is 5.75 Å². The molecule has 0 bridgehead atoms. The summed E-state index contributed by atoms with van der Waals surface area (Å²) in [5.74, 6) is -2.15. The van der Waals surface area contributed by atoms with E-state index in [1.165, 1.54) is 12.1 Å². The average molecular weight is 284 g/mol. The van der Waals surface area contributed by atoms with Crippen molar-refractivity contribution in [3.8, 4) is 5.75 Å². The average Bonchev–Trinajstić information content (AvgIpc) is 2.40. The zero-order valence-electron chi connectivity index (χ0n) is 9.95. The second kappa shape index (κ2) is 5.99. The van der Waals surface area contributed by atoms with E-state index in [9.17, 15) is 8.78 Å². The summed E-state index contributed by atoms with van der Waals surface area (Å²) in [7, 11) is 0. The van der Waals surface area contributed by atoms with Gasteiger partial charge in [-0.1, -0.05) is 29.8 Å². The Bertz CT molecular complexity index is 577. The van der Waals surface area contributed by atoms with Crippen molar-refractivity contribution < 1.29 is 13.5 Å².